The molecule has 238 valence electrons. The fourth-order valence-electron chi connectivity index (χ4n) is 7.56. The molecule has 6 aromatic rings. The number of halogens is 1. The molecule has 1 N–H and O–H groups in total. The van der Waals surface area contributed by atoms with Gasteiger partial charge in [-0.1, -0.05) is 92.2 Å². The molecule has 0 radical (unpaired) electrons. The Hall–Kier alpha value is -4.45. The van der Waals surface area contributed by atoms with Crippen molar-refractivity contribution >= 4 is 55.7 Å². The molecule has 1 fully saturated rings. The zero-order chi connectivity index (χ0) is 32.7. The SMILES string of the molecule is CN1CCN(c2cccc(C3Cc4ccc5c(cc(Cl)c6ccccc65)c4CC3(C)C)c2)CC1.O=C(O)c1cccc2cccnc12. The predicted octanol–water partition coefficient (Wildman–Crippen LogP) is 9.24. The molecule has 0 spiro atoms. The fourth-order valence-corrected chi connectivity index (χ4v) is 7.84. The Morgan fingerprint density at radius 1 is 0.830 bits per heavy atom. The quantitative estimate of drug-likeness (QED) is 0.195. The van der Waals surface area contributed by atoms with E-state index in [-0.39, 0.29) is 11.0 Å². The molecule has 1 aliphatic carbocycles. The molecule has 1 atom stereocenters. The van der Waals surface area contributed by atoms with Crippen LogP contribution in [0.1, 0.15) is 46.8 Å². The van der Waals surface area contributed by atoms with Gasteiger partial charge in [0.2, 0.25) is 0 Å². The second-order valence-electron chi connectivity index (χ2n) is 13.7. The Labute approximate surface area is 281 Å². The van der Waals surface area contributed by atoms with Gasteiger partial charge in [-0.15, -0.1) is 0 Å². The van der Waals surface area contributed by atoms with E-state index in [0.717, 1.165) is 54.8 Å². The summed E-state index contributed by atoms with van der Waals surface area (Å²) in [6, 6.07) is 33.5. The molecule has 5 nitrogen and oxygen atoms in total. The molecule has 6 heteroatoms. The summed E-state index contributed by atoms with van der Waals surface area (Å²) in [6.07, 6.45) is 3.74. The number of piperazine rings is 1. The molecule has 2 heterocycles. The molecule has 0 amide bonds. The third kappa shape index (κ3) is 6.06. The summed E-state index contributed by atoms with van der Waals surface area (Å²) in [5.41, 5.74) is 6.78. The zero-order valence-electron chi connectivity index (χ0n) is 27.2. The molecular weight excluding hydrogens is 602 g/mol. The highest BCUT2D eigenvalue weighted by Gasteiger charge is 2.37. The van der Waals surface area contributed by atoms with E-state index in [1.807, 2.05) is 12.1 Å². The lowest BCUT2D eigenvalue weighted by Gasteiger charge is -2.41. The number of carbonyl (C=O) groups is 1. The Morgan fingerprint density at radius 2 is 1.55 bits per heavy atom. The van der Waals surface area contributed by atoms with E-state index in [2.05, 4.69) is 102 Å². The average molecular weight is 642 g/mol. The van der Waals surface area contributed by atoms with Gasteiger partial charge in [-0.25, -0.2) is 4.79 Å². The van der Waals surface area contributed by atoms with Gasteiger partial charge in [0.15, 0.2) is 0 Å². The van der Waals surface area contributed by atoms with Crippen LogP contribution >= 0.6 is 11.6 Å². The monoisotopic (exact) mass is 641 g/mol. The normalized spacial score (nSPS) is 17.7. The van der Waals surface area contributed by atoms with Gasteiger partial charge < -0.3 is 14.9 Å². The van der Waals surface area contributed by atoms with Gasteiger partial charge in [0.1, 0.15) is 0 Å². The highest BCUT2D eigenvalue weighted by Crippen LogP contribution is 2.48. The minimum atomic E-state index is -0.940. The number of aromatic nitrogens is 1. The maximum Gasteiger partial charge on any atom is 0.337 e. The standard InChI is InChI=1S/C31H33ClN2.C10H7NO2/c1-31(2)20-28-21(11-12-25-24-9-4-5-10-26(24)30(32)19-27(25)28)18-29(31)22-7-6-8-23(17-22)34-15-13-33(3)14-16-34;12-10(13)8-5-1-3-7-4-2-6-11-9(7)8/h4-12,17,19,29H,13-16,18,20H2,1-3H3;1-6H,(H,12,13). The first kappa shape index (κ1) is 31.2. The summed E-state index contributed by atoms with van der Waals surface area (Å²) < 4.78 is 0. The zero-order valence-corrected chi connectivity index (χ0v) is 28.0. The second-order valence-corrected chi connectivity index (χ2v) is 14.1. The lowest BCUT2D eigenvalue weighted by atomic mass is 9.63. The molecule has 5 aromatic carbocycles. The molecule has 2 aliphatic rings. The summed E-state index contributed by atoms with van der Waals surface area (Å²) in [4.78, 5) is 19.8. The first-order valence-corrected chi connectivity index (χ1v) is 16.8. The third-order valence-electron chi connectivity index (χ3n) is 10.2. The summed E-state index contributed by atoms with van der Waals surface area (Å²) in [7, 11) is 2.22. The van der Waals surface area contributed by atoms with Gasteiger partial charge in [-0.2, -0.15) is 0 Å². The molecule has 0 saturated carbocycles. The lowest BCUT2D eigenvalue weighted by molar-refractivity contribution is 0.0699. The summed E-state index contributed by atoms with van der Waals surface area (Å²) >= 11 is 6.77. The minimum absolute atomic E-state index is 0.167. The number of rotatable bonds is 3. The predicted molar refractivity (Wildman–Crippen MR) is 195 cm³/mol. The number of carboxylic acid groups (broad SMARTS) is 1. The van der Waals surface area contributed by atoms with Crippen molar-refractivity contribution in [2.24, 2.45) is 5.41 Å². The van der Waals surface area contributed by atoms with Crippen molar-refractivity contribution in [3.05, 3.63) is 131 Å². The number of nitrogens with zero attached hydrogens (tertiary/aromatic N) is 3. The average Bonchev–Trinajstić information content (AvgIpc) is 3.08. The van der Waals surface area contributed by atoms with Crippen LogP contribution in [0.25, 0.3) is 32.4 Å². The summed E-state index contributed by atoms with van der Waals surface area (Å²) in [5.74, 6) is -0.440. The number of hydrogen-bond donors (Lipinski definition) is 1. The number of aromatic carboxylic acids is 1. The van der Waals surface area contributed by atoms with Gasteiger partial charge in [-0.05, 0) is 94.4 Å². The molecular formula is C41H40ClN3O2. The first-order chi connectivity index (χ1) is 22.7. The number of hydrogen-bond acceptors (Lipinski definition) is 4. The van der Waals surface area contributed by atoms with Crippen LogP contribution in [-0.4, -0.2) is 54.2 Å². The maximum atomic E-state index is 10.8. The van der Waals surface area contributed by atoms with Crippen LogP contribution in [0.15, 0.2) is 103 Å². The second kappa shape index (κ2) is 12.6. The summed E-state index contributed by atoms with van der Waals surface area (Å²) in [6.45, 7) is 9.39. The van der Waals surface area contributed by atoms with E-state index in [4.69, 9.17) is 16.7 Å². The Balaban J connectivity index is 0.000000226. The maximum absolute atomic E-state index is 10.8. The van der Waals surface area contributed by atoms with Crippen LogP contribution < -0.4 is 4.90 Å². The Bertz CT molecular complexity index is 2110. The topological polar surface area (TPSA) is 56.7 Å². The van der Waals surface area contributed by atoms with Gasteiger partial charge in [0, 0.05) is 53.9 Å². The number of benzene rings is 5. The Morgan fingerprint density at radius 3 is 2.34 bits per heavy atom. The lowest BCUT2D eigenvalue weighted by Crippen LogP contribution is -2.44. The van der Waals surface area contributed by atoms with Crippen molar-refractivity contribution in [1.82, 2.24) is 9.88 Å². The first-order valence-electron chi connectivity index (χ1n) is 16.4. The summed E-state index contributed by atoms with van der Waals surface area (Å²) in [5, 5.41) is 15.6. The van der Waals surface area contributed by atoms with E-state index in [1.54, 1.807) is 24.4 Å². The van der Waals surface area contributed by atoms with Crippen LogP contribution in [0.3, 0.4) is 0 Å². The van der Waals surface area contributed by atoms with Crippen molar-refractivity contribution in [3.8, 4) is 0 Å². The van der Waals surface area contributed by atoms with Crippen molar-refractivity contribution in [3.63, 3.8) is 0 Å². The van der Waals surface area contributed by atoms with Crippen LogP contribution in [0.5, 0.6) is 0 Å². The minimum Gasteiger partial charge on any atom is -0.478 e. The highest BCUT2D eigenvalue weighted by atomic mass is 35.5. The van der Waals surface area contributed by atoms with Crippen molar-refractivity contribution < 1.29 is 9.90 Å². The highest BCUT2D eigenvalue weighted by molar-refractivity contribution is 6.37. The van der Waals surface area contributed by atoms with E-state index in [1.165, 1.54) is 38.5 Å². The van der Waals surface area contributed by atoms with Crippen molar-refractivity contribution in [2.45, 2.75) is 32.6 Å². The fraction of sp³-hybridized carbons (Fsp3) is 0.268. The molecule has 1 aromatic heterocycles. The molecule has 47 heavy (non-hydrogen) atoms. The number of anilines is 1. The van der Waals surface area contributed by atoms with Crippen molar-refractivity contribution in [1.29, 1.82) is 0 Å². The number of para-hydroxylation sites is 1. The number of likely N-dealkylation sites (N-methyl/N-ethyl adjacent to an activating group) is 1. The van der Waals surface area contributed by atoms with Crippen molar-refractivity contribution in [2.75, 3.05) is 38.1 Å². The molecule has 1 unspecified atom stereocenters. The Kier molecular flexibility index (Phi) is 8.37. The van der Waals surface area contributed by atoms with E-state index >= 15 is 0 Å². The smallest absolute Gasteiger partial charge is 0.337 e. The van der Waals surface area contributed by atoms with Crippen LogP contribution in [0.4, 0.5) is 5.69 Å². The largest absolute Gasteiger partial charge is 0.478 e. The van der Waals surface area contributed by atoms with Gasteiger partial charge >= 0.3 is 5.97 Å². The number of pyridine rings is 1. The third-order valence-corrected chi connectivity index (χ3v) is 10.5. The number of carboxylic acids is 1. The number of fused-ring (bicyclic) bond motifs is 6. The van der Waals surface area contributed by atoms with E-state index < -0.39 is 5.97 Å². The van der Waals surface area contributed by atoms with E-state index in [9.17, 15) is 4.79 Å². The van der Waals surface area contributed by atoms with Crippen LogP contribution in [0, 0.1) is 5.41 Å². The molecule has 8 rings (SSSR count). The van der Waals surface area contributed by atoms with Gasteiger partial charge in [0.25, 0.3) is 0 Å². The van der Waals surface area contributed by atoms with E-state index in [0.29, 0.717) is 11.4 Å². The molecule has 0 bridgehead atoms. The van der Waals surface area contributed by atoms with Crippen LogP contribution in [0.2, 0.25) is 5.02 Å². The van der Waals surface area contributed by atoms with Gasteiger partial charge in [-0.3, -0.25) is 4.98 Å². The van der Waals surface area contributed by atoms with Gasteiger partial charge in [0.05, 0.1) is 11.1 Å². The molecule has 1 aliphatic heterocycles. The van der Waals surface area contributed by atoms with Crippen LogP contribution in [-0.2, 0) is 12.8 Å². The molecule has 1 saturated heterocycles.